The number of carbonyl (C=O) groups excluding carboxylic acids is 1. The summed E-state index contributed by atoms with van der Waals surface area (Å²) >= 11 is 0. The van der Waals surface area contributed by atoms with Gasteiger partial charge in [0.15, 0.2) is 17.3 Å². The van der Waals surface area contributed by atoms with Gasteiger partial charge in [0.1, 0.15) is 16.8 Å². The van der Waals surface area contributed by atoms with Gasteiger partial charge in [0, 0.05) is 52.5 Å². The SMILES string of the molecule is C.CN(C)C=NCCCNC(=O)c1cn2c3c(c(N4CC[C@@H](N)C4)c(F)cc3c1=O)Oc1cc3ccccc3cc1-2. The molecule has 0 radical (unpaired) electrons. The number of rotatable bonds is 7. The van der Waals surface area contributed by atoms with Crippen molar-refractivity contribution in [2.75, 3.05) is 45.2 Å². The minimum Gasteiger partial charge on any atom is -0.451 e. The Morgan fingerprint density at radius 1 is 1.24 bits per heavy atom. The number of halogens is 1. The number of fused-ring (bicyclic) bond motifs is 3. The molecule has 3 heterocycles. The first-order valence-corrected chi connectivity index (χ1v) is 13.4. The number of hydrogen-bond acceptors (Lipinski definition) is 6. The zero-order chi connectivity index (χ0) is 28.0. The average Bonchev–Trinajstić information content (AvgIpc) is 3.36. The lowest BCUT2D eigenvalue weighted by molar-refractivity contribution is 0.0952. The number of aliphatic imine (C=N–C) groups is 1. The molecule has 6 rings (SSSR count). The maximum absolute atomic E-state index is 15.8. The largest absolute Gasteiger partial charge is 0.451 e. The van der Waals surface area contributed by atoms with Gasteiger partial charge in [-0.25, -0.2) is 4.39 Å². The smallest absolute Gasteiger partial charge is 0.256 e. The molecular formula is C31H35FN6O3. The van der Waals surface area contributed by atoms with Gasteiger partial charge in [0.05, 0.1) is 17.4 Å². The summed E-state index contributed by atoms with van der Waals surface area (Å²) in [4.78, 5) is 34.8. The van der Waals surface area contributed by atoms with Crippen LogP contribution >= 0.6 is 0 Å². The van der Waals surface area contributed by atoms with Gasteiger partial charge in [-0.15, -0.1) is 0 Å². The molecule has 1 fully saturated rings. The second-order valence-electron chi connectivity index (χ2n) is 10.5. The molecular weight excluding hydrogens is 523 g/mol. The summed E-state index contributed by atoms with van der Waals surface area (Å²) < 4.78 is 24.0. The van der Waals surface area contributed by atoms with E-state index in [1.807, 2.05) is 60.3 Å². The van der Waals surface area contributed by atoms with E-state index in [-0.39, 0.29) is 35.9 Å². The fraction of sp³-hybridized carbons (Fsp3) is 0.323. The van der Waals surface area contributed by atoms with Gasteiger partial charge < -0.3 is 30.2 Å². The van der Waals surface area contributed by atoms with Crippen LogP contribution in [0.1, 0.15) is 30.6 Å². The third-order valence-electron chi connectivity index (χ3n) is 7.32. The Morgan fingerprint density at radius 3 is 2.71 bits per heavy atom. The fourth-order valence-corrected chi connectivity index (χ4v) is 5.43. The summed E-state index contributed by atoms with van der Waals surface area (Å²) in [6.07, 6.45) is 4.59. The number of benzene rings is 3. The van der Waals surface area contributed by atoms with E-state index >= 15 is 4.39 Å². The Morgan fingerprint density at radius 2 is 2.00 bits per heavy atom. The normalized spacial score (nSPS) is 15.6. The van der Waals surface area contributed by atoms with Crippen LogP contribution in [-0.4, -0.2) is 68.0 Å². The minimum atomic E-state index is -0.583. The Hall–Kier alpha value is -4.44. The van der Waals surface area contributed by atoms with Crippen molar-refractivity contribution in [1.82, 2.24) is 14.8 Å². The topological polar surface area (TPSA) is 105 Å². The quantitative estimate of drug-likeness (QED) is 0.176. The van der Waals surface area contributed by atoms with E-state index in [1.165, 1.54) is 6.07 Å². The first kappa shape index (κ1) is 28.1. The van der Waals surface area contributed by atoms with Crippen molar-refractivity contribution >= 4 is 39.6 Å². The first-order chi connectivity index (χ1) is 19.3. The molecule has 10 heteroatoms. The van der Waals surface area contributed by atoms with Crippen LogP contribution in [0, 0.1) is 5.82 Å². The molecule has 0 bridgehead atoms. The molecule has 0 spiro atoms. The summed E-state index contributed by atoms with van der Waals surface area (Å²) in [5.41, 5.74) is 6.91. The predicted octanol–water partition coefficient (Wildman–Crippen LogP) is 4.27. The summed E-state index contributed by atoms with van der Waals surface area (Å²) in [7, 11) is 3.77. The zero-order valence-electron chi connectivity index (χ0n) is 22.5. The Kier molecular flexibility index (Phi) is 7.68. The van der Waals surface area contributed by atoms with E-state index in [0.717, 1.165) is 17.2 Å². The van der Waals surface area contributed by atoms with Gasteiger partial charge in [-0.2, -0.15) is 0 Å². The predicted molar refractivity (Wildman–Crippen MR) is 163 cm³/mol. The van der Waals surface area contributed by atoms with Gasteiger partial charge in [0.2, 0.25) is 5.43 Å². The number of amides is 1. The highest BCUT2D eigenvalue weighted by Gasteiger charge is 2.32. The first-order valence-electron chi connectivity index (χ1n) is 13.4. The van der Waals surface area contributed by atoms with Gasteiger partial charge in [0.25, 0.3) is 5.91 Å². The van der Waals surface area contributed by atoms with Crippen molar-refractivity contribution in [3.63, 3.8) is 0 Å². The van der Waals surface area contributed by atoms with Crippen LogP contribution in [-0.2, 0) is 0 Å². The molecule has 1 saturated heterocycles. The molecule has 4 aromatic rings. The number of nitrogens with one attached hydrogen (secondary N) is 1. The van der Waals surface area contributed by atoms with Crippen LogP contribution in [0.15, 0.2) is 58.4 Å². The molecule has 0 saturated carbocycles. The average molecular weight is 559 g/mol. The number of ether oxygens (including phenoxy) is 1. The van der Waals surface area contributed by atoms with E-state index < -0.39 is 17.2 Å². The molecule has 0 aliphatic carbocycles. The van der Waals surface area contributed by atoms with Crippen LogP contribution < -0.4 is 26.1 Å². The second kappa shape index (κ2) is 11.2. The molecule has 1 amide bonds. The Labute approximate surface area is 238 Å². The zero-order valence-corrected chi connectivity index (χ0v) is 22.5. The molecule has 2 aliphatic rings. The van der Waals surface area contributed by atoms with E-state index in [4.69, 9.17) is 10.5 Å². The highest BCUT2D eigenvalue weighted by molar-refractivity contribution is 6.02. The third kappa shape index (κ3) is 5.11. The number of aromatic nitrogens is 1. The summed E-state index contributed by atoms with van der Waals surface area (Å²) in [6, 6.07) is 12.8. The molecule has 1 atom stereocenters. The molecule has 214 valence electrons. The number of hydrogen-bond donors (Lipinski definition) is 2. The third-order valence-corrected chi connectivity index (χ3v) is 7.32. The van der Waals surface area contributed by atoms with Gasteiger partial charge in [-0.1, -0.05) is 31.7 Å². The standard InChI is InChI=1S/C30H31FN6O3.CH4/c1-35(2)17-33-9-5-10-34-30(39)22-16-37-24-12-18-6-3-4-7-19(18)13-25(24)40-29-26(37)21(28(22)38)14-23(31)27(29)36-11-8-20(32)15-36;/h3-4,6-7,12-14,16-17,20H,5,8-11,15,32H2,1-2H3,(H,34,39);1H4/t20-;/m1./s1. The van der Waals surface area contributed by atoms with E-state index in [0.29, 0.717) is 49.6 Å². The Balaban J connectivity index is 0.00000337. The molecule has 3 aromatic carbocycles. The maximum atomic E-state index is 15.8. The fourth-order valence-electron chi connectivity index (χ4n) is 5.43. The monoisotopic (exact) mass is 558 g/mol. The van der Waals surface area contributed by atoms with E-state index in [9.17, 15) is 9.59 Å². The lowest BCUT2D eigenvalue weighted by atomic mass is 10.0. The minimum absolute atomic E-state index is 0. The van der Waals surface area contributed by atoms with Crippen molar-refractivity contribution < 1.29 is 13.9 Å². The van der Waals surface area contributed by atoms with Gasteiger partial charge in [-0.3, -0.25) is 14.6 Å². The van der Waals surface area contributed by atoms with E-state index in [2.05, 4.69) is 10.3 Å². The van der Waals surface area contributed by atoms with Crippen molar-refractivity contribution in [3.8, 4) is 17.2 Å². The van der Waals surface area contributed by atoms with Crippen LogP contribution in [0.25, 0.3) is 27.4 Å². The van der Waals surface area contributed by atoms with Crippen LogP contribution in [0.4, 0.5) is 10.1 Å². The lowest BCUT2D eigenvalue weighted by Gasteiger charge is -2.29. The molecule has 3 N–H and O–H groups in total. The molecule has 41 heavy (non-hydrogen) atoms. The summed E-state index contributed by atoms with van der Waals surface area (Å²) in [5, 5.41) is 4.83. The molecule has 0 unspecified atom stereocenters. The molecule has 9 nitrogen and oxygen atoms in total. The van der Waals surface area contributed by atoms with Crippen LogP contribution in [0.2, 0.25) is 0 Å². The van der Waals surface area contributed by atoms with Crippen molar-refractivity contribution in [2.24, 2.45) is 10.7 Å². The summed E-state index contributed by atoms with van der Waals surface area (Å²) in [6.45, 7) is 1.94. The number of pyridine rings is 1. The Bertz CT molecular complexity index is 1730. The highest BCUT2D eigenvalue weighted by atomic mass is 19.1. The summed E-state index contributed by atoms with van der Waals surface area (Å²) in [5.74, 6) is -0.329. The molecule has 1 aromatic heterocycles. The number of nitrogens with zero attached hydrogens (tertiary/aromatic N) is 4. The van der Waals surface area contributed by atoms with Crippen LogP contribution in [0.3, 0.4) is 0 Å². The van der Waals surface area contributed by atoms with Crippen LogP contribution in [0.5, 0.6) is 11.5 Å². The second-order valence-corrected chi connectivity index (χ2v) is 10.5. The van der Waals surface area contributed by atoms with Crippen molar-refractivity contribution in [2.45, 2.75) is 26.3 Å². The highest BCUT2D eigenvalue weighted by Crippen LogP contribution is 2.48. The number of carbonyl (C=O) groups is 1. The van der Waals surface area contributed by atoms with Gasteiger partial charge in [-0.05, 0) is 41.8 Å². The maximum Gasteiger partial charge on any atom is 0.256 e. The lowest BCUT2D eigenvalue weighted by Crippen LogP contribution is -2.32. The number of anilines is 1. The van der Waals surface area contributed by atoms with E-state index in [1.54, 1.807) is 17.1 Å². The van der Waals surface area contributed by atoms with Crippen molar-refractivity contribution in [1.29, 1.82) is 0 Å². The van der Waals surface area contributed by atoms with Gasteiger partial charge >= 0.3 is 0 Å². The number of nitrogens with two attached hydrogens (primary N) is 1. The van der Waals surface area contributed by atoms with Crippen molar-refractivity contribution in [3.05, 3.63) is 70.3 Å². The molecule has 2 aliphatic heterocycles.